The lowest BCUT2D eigenvalue weighted by molar-refractivity contribution is -0.274. The molecule has 108 valence electrons. The molecule has 1 aromatic carbocycles. The normalized spacial score (nSPS) is 13.2. The van der Waals surface area contributed by atoms with Crippen molar-refractivity contribution in [3.05, 3.63) is 51.7 Å². The van der Waals surface area contributed by atoms with Crippen LogP contribution in [0.4, 0.5) is 13.2 Å². The summed E-state index contributed by atoms with van der Waals surface area (Å²) >= 11 is 1.49. The number of rotatable bonds is 4. The summed E-state index contributed by atoms with van der Waals surface area (Å²) in [5.41, 5.74) is 0.532. The van der Waals surface area contributed by atoms with Crippen LogP contribution >= 0.6 is 11.3 Å². The Morgan fingerprint density at radius 1 is 1.15 bits per heavy atom. The van der Waals surface area contributed by atoms with E-state index in [1.54, 1.807) is 0 Å². The number of halogens is 3. The van der Waals surface area contributed by atoms with E-state index in [1.165, 1.54) is 35.6 Å². The van der Waals surface area contributed by atoms with Crippen LogP contribution in [0.5, 0.6) is 5.75 Å². The van der Waals surface area contributed by atoms with Crippen LogP contribution in [0.1, 0.15) is 28.3 Å². The molecule has 2 aromatic rings. The Morgan fingerprint density at radius 3 is 2.30 bits per heavy atom. The van der Waals surface area contributed by atoms with Crippen LogP contribution in [0.15, 0.2) is 36.4 Å². The zero-order chi connectivity index (χ0) is 14.8. The van der Waals surface area contributed by atoms with Gasteiger partial charge in [-0.15, -0.1) is 24.5 Å². The molecule has 20 heavy (non-hydrogen) atoms. The van der Waals surface area contributed by atoms with E-state index in [1.807, 2.05) is 19.1 Å². The van der Waals surface area contributed by atoms with E-state index in [4.69, 9.17) is 0 Å². The van der Waals surface area contributed by atoms with Gasteiger partial charge in [0.15, 0.2) is 0 Å². The number of benzene rings is 1. The predicted octanol–water partition coefficient (Wildman–Crippen LogP) is 4.29. The molecular formula is C14H13F3O2S. The van der Waals surface area contributed by atoms with Crippen LogP contribution in [0.3, 0.4) is 0 Å². The number of aliphatic hydroxyl groups is 1. The van der Waals surface area contributed by atoms with Crippen LogP contribution in [0.25, 0.3) is 0 Å². The summed E-state index contributed by atoms with van der Waals surface area (Å²) < 4.78 is 39.9. The third-order valence-corrected chi connectivity index (χ3v) is 4.01. The van der Waals surface area contributed by atoms with Crippen molar-refractivity contribution in [2.24, 2.45) is 0 Å². The smallest absolute Gasteiger partial charge is 0.406 e. The molecule has 2 rings (SSSR count). The molecule has 1 unspecified atom stereocenters. The maximum atomic E-state index is 12.0. The molecule has 6 heteroatoms. The molecule has 1 aromatic heterocycles. The highest BCUT2D eigenvalue weighted by molar-refractivity contribution is 7.12. The number of thiophene rings is 1. The summed E-state index contributed by atoms with van der Waals surface area (Å²) in [7, 11) is 0. The SMILES string of the molecule is CCc1ccc(C(O)c2ccc(OC(F)(F)F)cc2)s1. The maximum Gasteiger partial charge on any atom is 0.573 e. The van der Waals surface area contributed by atoms with Crippen LogP contribution < -0.4 is 4.74 Å². The first-order valence-electron chi connectivity index (χ1n) is 6.01. The largest absolute Gasteiger partial charge is 0.573 e. The first-order chi connectivity index (χ1) is 9.39. The summed E-state index contributed by atoms with van der Waals surface area (Å²) in [4.78, 5) is 1.92. The van der Waals surface area contributed by atoms with E-state index in [0.29, 0.717) is 5.56 Å². The fourth-order valence-electron chi connectivity index (χ4n) is 1.75. The van der Waals surface area contributed by atoms with E-state index in [2.05, 4.69) is 4.74 Å². The highest BCUT2D eigenvalue weighted by atomic mass is 32.1. The average Bonchev–Trinajstić information content (AvgIpc) is 2.85. The molecule has 0 aliphatic heterocycles. The van der Waals surface area contributed by atoms with Crippen LogP contribution in [-0.2, 0) is 6.42 Å². The maximum absolute atomic E-state index is 12.0. The summed E-state index contributed by atoms with van der Waals surface area (Å²) in [5, 5.41) is 10.2. The lowest BCUT2D eigenvalue weighted by atomic mass is 10.1. The van der Waals surface area contributed by atoms with Crippen LogP contribution in [0.2, 0.25) is 0 Å². The van der Waals surface area contributed by atoms with Crippen LogP contribution in [-0.4, -0.2) is 11.5 Å². The van der Waals surface area contributed by atoms with Crippen molar-refractivity contribution < 1.29 is 23.0 Å². The molecule has 0 saturated heterocycles. The van der Waals surface area contributed by atoms with Gasteiger partial charge in [0.1, 0.15) is 11.9 Å². The Kier molecular flexibility index (Phi) is 4.35. The van der Waals surface area contributed by atoms with E-state index < -0.39 is 12.5 Å². The number of hydrogen-bond donors (Lipinski definition) is 1. The Bertz CT molecular complexity index is 561. The molecular weight excluding hydrogens is 289 g/mol. The average molecular weight is 302 g/mol. The summed E-state index contributed by atoms with van der Waals surface area (Å²) in [6.45, 7) is 2.02. The Morgan fingerprint density at radius 2 is 1.80 bits per heavy atom. The molecule has 0 aliphatic rings. The molecule has 1 N–H and O–H groups in total. The molecule has 0 aliphatic carbocycles. The molecule has 0 spiro atoms. The first kappa shape index (κ1) is 14.9. The van der Waals surface area contributed by atoms with Crippen molar-refractivity contribution in [2.75, 3.05) is 0 Å². The van der Waals surface area contributed by atoms with Gasteiger partial charge in [-0.25, -0.2) is 0 Å². The van der Waals surface area contributed by atoms with E-state index in [-0.39, 0.29) is 5.75 Å². The van der Waals surface area contributed by atoms with Crippen LogP contribution in [0, 0.1) is 0 Å². The zero-order valence-corrected chi connectivity index (χ0v) is 11.5. The molecule has 0 radical (unpaired) electrons. The van der Waals surface area contributed by atoms with E-state index >= 15 is 0 Å². The summed E-state index contributed by atoms with van der Waals surface area (Å²) in [5.74, 6) is -0.297. The number of ether oxygens (including phenoxy) is 1. The first-order valence-corrected chi connectivity index (χ1v) is 6.83. The summed E-state index contributed by atoms with van der Waals surface area (Å²) in [6.07, 6.45) is -4.65. The van der Waals surface area contributed by atoms with Gasteiger partial charge in [0.05, 0.1) is 0 Å². The highest BCUT2D eigenvalue weighted by Crippen LogP contribution is 2.30. The minimum atomic E-state index is -4.70. The standard InChI is InChI=1S/C14H13F3O2S/c1-2-11-7-8-12(20-11)13(18)9-3-5-10(6-4-9)19-14(15,16)17/h3-8,13,18H,2H2,1H3. The lowest BCUT2D eigenvalue weighted by Crippen LogP contribution is -2.17. The monoisotopic (exact) mass is 302 g/mol. The molecule has 0 saturated carbocycles. The third-order valence-electron chi connectivity index (χ3n) is 2.73. The molecule has 2 nitrogen and oxygen atoms in total. The van der Waals surface area contributed by atoms with Gasteiger partial charge in [0.25, 0.3) is 0 Å². The van der Waals surface area contributed by atoms with Gasteiger partial charge in [-0.2, -0.15) is 0 Å². The third kappa shape index (κ3) is 3.74. The second-order valence-corrected chi connectivity index (χ2v) is 5.38. The number of aliphatic hydroxyl groups excluding tert-OH is 1. The second-order valence-electron chi connectivity index (χ2n) is 4.18. The van der Waals surface area contributed by atoms with Crippen molar-refractivity contribution in [1.82, 2.24) is 0 Å². The number of alkyl halides is 3. The fraction of sp³-hybridized carbons (Fsp3) is 0.286. The second kappa shape index (κ2) is 5.85. The predicted molar refractivity (Wildman–Crippen MR) is 70.9 cm³/mol. The van der Waals surface area contributed by atoms with Gasteiger partial charge in [-0.05, 0) is 36.2 Å². The molecule has 1 heterocycles. The van der Waals surface area contributed by atoms with Crippen molar-refractivity contribution in [2.45, 2.75) is 25.8 Å². The topological polar surface area (TPSA) is 29.5 Å². The van der Waals surface area contributed by atoms with Gasteiger partial charge >= 0.3 is 6.36 Å². The Labute approximate surface area is 118 Å². The van der Waals surface area contributed by atoms with Gasteiger partial charge in [0.2, 0.25) is 0 Å². The fourth-order valence-corrected chi connectivity index (χ4v) is 2.71. The molecule has 1 atom stereocenters. The Hall–Kier alpha value is -1.53. The van der Waals surface area contributed by atoms with E-state index in [9.17, 15) is 18.3 Å². The van der Waals surface area contributed by atoms with Gasteiger partial charge in [-0.3, -0.25) is 0 Å². The minimum absolute atomic E-state index is 0.297. The van der Waals surface area contributed by atoms with Gasteiger partial charge in [0, 0.05) is 9.75 Å². The highest BCUT2D eigenvalue weighted by Gasteiger charge is 2.31. The zero-order valence-electron chi connectivity index (χ0n) is 10.6. The van der Waals surface area contributed by atoms with Gasteiger partial charge in [-0.1, -0.05) is 19.1 Å². The molecule has 0 bridgehead atoms. The van der Waals surface area contributed by atoms with E-state index in [0.717, 1.165) is 16.2 Å². The van der Waals surface area contributed by atoms with Crippen molar-refractivity contribution in [1.29, 1.82) is 0 Å². The number of hydrogen-bond acceptors (Lipinski definition) is 3. The number of aryl methyl sites for hydroxylation is 1. The summed E-state index contributed by atoms with van der Waals surface area (Å²) in [6, 6.07) is 9.01. The Balaban J connectivity index is 2.13. The van der Waals surface area contributed by atoms with Crippen molar-refractivity contribution in [3.63, 3.8) is 0 Å². The van der Waals surface area contributed by atoms with Crippen molar-refractivity contribution in [3.8, 4) is 5.75 Å². The lowest BCUT2D eigenvalue weighted by Gasteiger charge is -2.11. The van der Waals surface area contributed by atoms with Gasteiger partial charge < -0.3 is 9.84 Å². The molecule has 0 fully saturated rings. The minimum Gasteiger partial charge on any atom is -0.406 e. The quantitative estimate of drug-likeness (QED) is 0.913. The van der Waals surface area contributed by atoms with Crippen molar-refractivity contribution >= 4 is 11.3 Å². The molecule has 0 amide bonds.